The first-order valence-corrected chi connectivity index (χ1v) is 8.06. The fourth-order valence-electron chi connectivity index (χ4n) is 1.10. The largest absolute Gasteiger partial charge is 0.444 e. The number of halogens is 1. The van der Waals surface area contributed by atoms with E-state index < -0.39 is 6.49 Å². The minimum atomic E-state index is -2.27. The van der Waals surface area contributed by atoms with E-state index in [0.717, 1.165) is 0 Å². The van der Waals surface area contributed by atoms with Crippen molar-refractivity contribution in [1.82, 2.24) is 0 Å². The van der Waals surface area contributed by atoms with Crippen LogP contribution in [-0.2, 0) is 16.3 Å². The molecule has 0 aliphatic rings. The molecule has 0 bridgehead atoms. The lowest BCUT2D eigenvalue weighted by molar-refractivity contribution is 0.335. The van der Waals surface area contributed by atoms with E-state index >= 15 is 0 Å². The molecule has 0 radical (unpaired) electrons. The summed E-state index contributed by atoms with van der Waals surface area (Å²) in [6, 6.07) is 6.80. The number of hydrogen-bond donors (Lipinski definition) is 0. The summed E-state index contributed by atoms with van der Waals surface area (Å²) < 4.78 is 10.9. The molecule has 0 aliphatic carbocycles. The maximum atomic E-state index is 8.71. The van der Waals surface area contributed by atoms with E-state index in [0.29, 0.717) is 22.9 Å². The third kappa shape index (κ3) is 3.77. The van der Waals surface area contributed by atoms with Crippen LogP contribution in [0.1, 0.15) is 12.5 Å². The van der Waals surface area contributed by atoms with Crippen molar-refractivity contribution in [3.05, 3.63) is 28.8 Å². The lowest BCUT2D eigenvalue weighted by Crippen LogP contribution is -1.96. The lowest BCUT2D eigenvalue weighted by Gasteiger charge is -2.18. The molecule has 6 heteroatoms. The molecule has 1 rings (SSSR count). The van der Waals surface area contributed by atoms with Crippen LogP contribution in [0.4, 0.5) is 0 Å². The fourth-order valence-corrected chi connectivity index (χ4v) is 2.90. The Hall–Kier alpha value is -0.590. The highest BCUT2D eigenvalue weighted by Gasteiger charge is 2.13. The maximum Gasteiger partial charge on any atom is 0.235 e. The predicted molar refractivity (Wildman–Crippen MR) is 68.6 cm³/mol. The summed E-state index contributed by atoms with van der Waals surface area (Å²) in [6.07, 6.45) is 0. The highest BCUT2D eigenvalue weighted by Crippen LogP contribution is 2.45. The van der Waals surface area contributed by atoms with Gasteiger partial charge in [0.2, 0.25) is 6.49 Å². The smallest absolute Gasteiger partial charge is 0.235 e. The molecule has 3 nitrogen and oxygen atoms in total. The van der Waals surface area contributed by atoms with Crippen molar-refractivity contribution in [2.75, 3.05) is 13.3 Å². The Bertz CT molecular complexity index is 472. The van der Waals surface area contributed by atoms with Crippen molar-refractivity contribution in [1.29, 1.82) is 5.26 Å². The second-order valence-corrected chi connectivity index (χ2v) is 7.41. The summed E-state index contributed by atoms with van der Waals surface area (Å²) in [7, 11) is 0. The zero-order valence-electron chi connectivity index (χ0n) is 8.94. The topological polar surface area (TPSA) is 42.2 Å². The van der Waals surface area contributed by atoms with Gasteiger partial charge < -0.3 is 9.05 Å². The first-order valence-electron chi connectivity index (χ1n) is 4.60. The van der Waals surface area contributed by atoms with Crippen molar-refractivity contribution in [2.24, 2.45) is 0 Å². The molecule has 1 atom stereocenters. The Morgan fingerprint density at radius 2 is 2.25 bits per heavy atom. The zero-order chi connectivity index (χ0) is 12.2. The van der Waals surface area contributed by atoms with Crippen LogP contribution in [0.5, 0.6) is 5.75 Å². The Labute approximate surface area is 105 Å². The van der Waals surface area contributed by atoms with E-state index in [-0.39, 0.29) is 0 Å². The summed E-state index contributed by atoms with van der Waals surface area (Å²) in [5, 5.41) is 9.07. The highest BCUT2D eigenvalue weighted by atomic mass is 35.5. The summed E-state index contributed by atoms with van der Waals surface area (Å²) in [6.45, 7) is 1.85. The number of nitriles is 1. The van der Waals surface area contributed by atoms with Gasteiger partial charge in [0, 0.05) is 12.7 Å². The molecule has 1 aromatic rings. The molecule has 0 spiro atoms. The number of nitrogens with zero attached hydrogens (tertiary/aromatic N) is 1. The van der Waals surface area contributed by atoms with E-state index in [4.69, 9.17) is 37.7 Å². The minimum Gasteiger partial charge on any atom is -0.444 e. The van der Waals surface area contributed by atoms with Crippen LogP contribution in [0.2, 0.25) is 5.02 Å². The second kappa shape index (κ2) is 5.65. The van der Waals surface area contributed by atoms with Crippen LogP contribution in [0.3, 0.4) is 0 Å². The average molecular weight is 276 g/mol. The van der Waals surface area contributed by atoms with Gasteiger partial charge in [-0.05, 0) is 30.9 Å². The van der Waals surface area contributed by atoms with Gasteiger partial charge in [-0.15, -0.1) is 0 Å². The third-order valence-corrected chi connectivity index (χ3v) is 3.82. The van der Waals surface area contributed by atoms with Gasteiger partial charge in [0.1, 0.15) is 11.8 Å². The van der Waals surface area contributed by atoms with Crippen molar-refractivity contribution in [3.63, 3.8) is 0 Å². The van der Waals surface area contributed by atoms with Gasteiger partial charge in [0.05, 0.1) is 17.2 Å². The fraction of sp³-hybridized carbons (Fsp3) is 0.300. The molecule has 0 fully saturated rings. The minimum absolute atomic E-state index is 0.353. The van der Waals surface area contributed by atoms with Gasteiger partial charge in [0.15, 0.2) is 0 Å². The highest BCUT2D eigenvalue weighted by molar-refractivity contribution is 8.09. The average Bonchev–Trinajstić information content (AvgIpc) is 2.17. The molecule has 0 saturated carbocycles. The molecule has 0 aliphatic heterocycles. The van der Waals surface area contributed by atoms with Crippen LogP contribution in [0.25, 0.3) is 0 Å². The molecule has 0 heterocycles. The van der Waals surface area contributed by atoms with Crippen LogP contribution in [-0.4, -0.2) is 13.3 Å². The molecule has 0 amide bonds. The molecule has 16 heavy (non-hydrogen) atoms. The van der Waals surface area contributed by atoms with Crippen molar-refractivity contribution >= 4 is 29.9 Å². The summed E-state index contributed by atoms with van der Waals surface area (Å²) in [5.74, 6) is 0.531. The summed E-state index contributed by atoms with van der Waals surface area (Å²) in [4.78, 5) is 0. The number of rotatable bonds is 4. The molecule has 1 unspecified atom stereocenters. The third-order valence-electron chi connectivity index (χ3n) is 1.70. The van der Waals surface area contributed by atoms with Gasteiger partial charge in [-0.1, -0.05) is 11.6 Å². The zero-order valence-corrected chi connectivity index (χ0v) is 11.4. The predicted octanol–water partition coefficient (Wildman–Crippen LogP) is 3.57. The van der Waals surface area contributed by atoms with Crippen LogP contribution in [0, 0.1) is 11.3 Å². The van der Waals surface area contributed by atoms with E-state index in [2.05, 4.69) is 0 Å². The van der Waals surface area contributed by atoms with Crippen molar-refractivity contribution in [2.45, 2.75) is 6.92 Å². The second-order valence-electron chi connectivity index (χ2n) is 3.03. The van der Waals surface area contributed by atoms with E-state index in [1.807, 2.05) is 13.0 Å². The molecular formula is C10H11ClNO2PS. The molecule has 0 saturated heterocycles. The normalized spacial score (nSPS) is 13.9. The van der Waals surface area contributed by atoms with Crippen LogP contribution >= 0.6 is 18.1 Å². The van der Waals surface area contributed by atoms with Gasteiger partial charge in [-0.25, -0.2) is 0 Å². The quantitative estimate of drug-likeness (QED) is 0.788. The maximum absolute atomic E-state index is 8.71. The Morgan fingerprint density at radius 1 is 1.56 bits per heavy atom. The Balaban J connectivity index is 2.88. The van der Waals surface area contributed by atoms with Crippen molar-refractivity contribution < 1.29 is 9.05 Å². The monoisotopic (exact) mass is 275 g/mol. The number of hydrogen-bond acceptors (Lipinski definition) is 4. The Kier molecular flexibility index (Phi) is 4.76. The summed E-state index contributed by atoms with van der Waals surface area (Å²) >= 11 is 11.1. The Morgan fingerprint density at radius 3 is 2.75 bits per heavy atom. The molecule has 0 N–H and O–H groups in total. The molecule has 0 aromatic heterocycles. The SMILES string of the molecule is CCOP(C)(=S)Oc1ccc(C#N)c(Cl)c1. The van der Waals surface area contributed by atoms with Crippen molar-refractivity contribution in [3.8, 4) is 11.8 Å². The summed E-state index contributed by atoms with van der Waals surface area (Å²) in [5.41, 5.74) is 0.412. The van der Waals surface area contributed by atoms with Gasteiger partial charge >= 0.3 is 0 Å². The van der Waals surface area contributed by atoms with E-state index in [1.54, 1.807) is 24.9 Å². The number of benzene rings is 1. The molecular weight excluding hydrogens is 265 g/mol. The van der Waals surface area contributed by atoms with Gasteiger partial charge in [-0.2, -0.15) is 5.26 Å². The van der Waals surface area contributed by atoms with Crippen LogP contribution < -0.4 is 4.52 Å². The first kappa shape index (κ1) is 13.5. The molecule has 1 aromatic carbocycles. The lowest BCUT2D eigenvalue weighted by atomic mass is 10.2. The standard InChI is InChI=1S/C10H11ClNO2PS/c1-3-13-15(2,16)14-9-5-4-8(7-12)10(11)6-9/h4-6H,3H2,1-2H3. The molecule has 86 valence electrons. The van der Waals surface area contributed by atoms with E-state index in [1.165, 1.54) is 0 Å². The van der Waals surface area contributed by atoms with Crippen LogP contribution in [0.15, 0.2) is 18.2 Å². The first-order chi connectivity index (χ1) is 7.48. The van der Waals surface area contributed by atoms with Gasteiger partial charge in [-0.3, -0.25) is 0 Å². The van der Waals surface area contributed by atoms with Gasteiger partial charge in [0.25, 0.3) is 0 Å². The van der Waals surface area contributed by atoms with E-state index in [9.17, 15) is 0 Å².